The lowest BCUT2D eigenvalue weighted by atomic mass is 10.0. The summed E-state index contributed by atoms with van der Waals surface area (Å²) in [5, 5.41) is 0. The zero-order chi connectivity index (χ0) is 10.7. The maximum atomic E-state index is 2.24. The lowest BCUT2D eigenvalue weighted by molar-refractivity contribution is 1.07. The third kappa shape index (κ3) is 2.48. The maximum absolute atomic E-state index is 2.24. The molecule has 0 bridgehead atoms. The molecule has 0 aliphatic carbocycles. The lowest BCUT2D eigenvalue weighted by Crippen LogP contribution is -1.91. The molecule has 0 nitrogen and oxygen atoms in total. The quantitative estimate of drug-likeness (QED) is 0.721. The van der Waals surface area contributed by atoms with Crippen LogP contribution in [0.15, 0.2) is 36.4 Å². The van der Waals surface area contributed by atoms with E-state index in [0.717, 1.165) is 12.8 Å². The van der Waals surface area contributed by atoms with Crippen molar-refractivity contribution in [3.05, 3.63) is 57.3 Å². The molecular weight excluding hydrogens is 200 g/mol. The van der Waals surface area contributed by atoms with Crippen LogP contribution in [0.3, 0.4) is 0 Å². The highest BCUT2D eigenvalue weighted by atomic mass is 32.1. The van der Waals surface area contributed by atoms with Crippen molar-refractivity contribution in [3.63, 3.8) is 0 Å². The van der Waals surface area contributed by atoms with E-state index in [2.05, 4.69) is 50.2 Å². The fourth-order valence-corrected chi connectivity index (χ4v) is 2.76. The van der Waals surface area contributed by atoms with Gasteiger partial charge >= 0.3 is 0 Å². The fraction of sp³-hybridized carbons (Fsp3) is 0.286. The summed E-state index contributed by atoms with van der Waals surface area (Å²) in [5.41, 5.74) is 2.95. The second-order valence-corrected chi connectivity index (χ2v) is 5.18. The van der Waals surface area contributed by atoms with Crippen LogP contribution in [0, 0.1) is 6.92 Å². The molecule has 0 aliphatic heterocycles. The number of hydrogen-bond donors (Lipinski definition) is 0. The van der Waals surface area contributed by atoms with Gasteiger partial charge in [-0.15, -0.1) is 11.3 Å². The van der Waals surface area contributed by atoms with E-state index in [-0.39, 0.29) is 0 Å². The van der Waals surface area contributed by atoms with E-state index in [0.29, 0.717) is 0 Å². The molecule has 0 radical (unpaired) electrons. The van der Waals surface area contributed by atoms with Gasteiger partial charge in [0.2, 0.25) is 0 Å². The molecule has 0 saturated carbocycles. The maximum Gasteiger partial charge on any atom is 0.00919 e. The minimum absolute atomic E-state index is 1.09. The second-order valence-electron chi connectivity index (χ2n) is 3.81. The van der Waals surface area contributed by atoms with E-state index in [1.807, 2.05) is 11.3 Å². The van der Waals surface area contributed by atoms with Gasteiger partial charge in [-0.25, -0.2) is 0 Å². The largest absolute Gasteiger partial charge is 0.145 e. The Morgan fingerprint density at radius 1 is 1.00 bits per heavy atom. The summed E-state index contributed by atoms with van der Waals surface area (Å²) in [6.45, 7) is 4.39. The third-order valence-electron chi connectivity index (χ3n) is 2.66. The van der Waals surface area contributed by atoms with E-state index < -0.39 is 0 Å². The first-order valence-electron chi connectivity index (χ1n) is 5.41. The fourth-order valence-electron chi connectivity index (χ4n) is 1.84. The molecule has 0 amide bonds. The van der Waals surface area contributed by atoms with Crippen LogP contribution in [0.5, 0.6) is 0 Å². The first-order chi connectivity index (χ1) is 7.29. The number of rotatable bonds is 3. The zero-order valence-electron chi connectivity index (χ0n) is 9.29. The molecule has 1 aromatic carbocycles. The second kappa shape index (κ2) is 4.63. The van der Waals surface area contributed by atoms with Gasteiger partial charge in [0.15, 0.2) is 0 Å². The van der Waals surface area contributed by atoms with Crippen LogP contribution in [-0.4, -0.2) is 0 Å². The average Bonchev–Trinajstić information content (AvgIpc) is 2.65. The third-order valence-corrected chi connectivity index (χ3v) is 3.66. The van der Waals surface area contributed by atoms with Gasteiger partial charge < -0.3 is 0 Å². The smallest absolute Gasteiger partial charge is 0.00919 e. The van der Waals surface area contributed by atoms with E-state index in [9.17, 15) is 0 Å². The summed E-state index contributed by atoms with van der Waals surface area (Å²) in [6, 6.07) is 13.2. The van der Waals surface area contributed by atoms with Crippen molar-refractivity contribution >= 4 is 11.3 Å². The Balaban J connectivity index is 2.23. The normalized spacial score (nSPS) is 10.5. The van der Waals surface area contributed by atoms with Crippen molar-refractivity contribution in [1.82, 2.24) is 0 Å². The first-order valence-corrected chi connectivity index (χ1v) is 6.23. The topological polar surface area (TPSA) is 0 Å². The SMILES string of the molecule is CCc1ccccc1Cc1ccc(C)s1. The highest BCUT2D eigenvalue weighted by molar-refractivity contribution is 7.11. The Hall–Kier alpha value is -1.08. The van der Waals surface area contributed by atoms with E-state index in [1.54, 1.807) is 0 Å². The van der Waals surface area contributed by atoms with Gasteiger partial charge in [-0.1, -0.05) is 31.2 Å². The Morgan fingerprint density at radius 3 is 2.33 bits per heavy atom. The van der Waals surface area contributed by atoms with Crippen LogP contribution in [0.25, 0.3) is 0 Å². The Kier molecular flexibility index (Phi) is 3.22. The number of benzene rings is 1. The standard InChI is InChI=1S/C14H16S/c1-3-12-6-4-5-7-13(12)10-14-9-8-11(2)15-14/h4-9H,3,10H2,1-2H3. The molecule has 0 aliphatic rings. The monoisotopic (exact) mass is 216 g/mol. The number of hydrogen-bond acceptors (Lipinski definition) is 1. The van der Waals surface area contributed by atoms with Gasteiger partial charge in [0.1, 0.15) is 0 Å². The van der Waals surface area contributed by atoms with Crippen LogP contribution in [0.1, 0.15) is 27.8 Å². The predicted octanol–water partition coefficient (Wildman–Crippen LogP) is 4.21. The van der Waals surface area contributed by atoms with Gasteiger partial charge in [0.05, 0.1) is 0 Å². The Morgan fingerprint density at radius 2 is 1.73 bits per heavy atom. The van der Waals surface area contributed by atoms with Crippen molar-refractivity contribution in [3.8, 4) is 0 Å². The average molecular weight is 216 g/mol. The molecule has 1 aromatic heterocycles. The molecule has 2 rings (SSSR count). The summed E-state index contributed by atoms with van der Waals surface area (Å²) in [4.78, 5) is 2.87. The molecule has 1 heterocycles. The predicted molar refractivity (Wildman–Crippen MR) is 67.7 cm³/mol. The summed E-state index contributed by atoms with van der Waals surface area (Å²) >= 11 is 1.90. The molecule has 0 N–H and O–H groups in total. The van der Waals surface area contributed by atoms with Crippen LogP contribution in [0.4, 0.5) is 0 Å². The molecule has 15 heavy (non-hydrogen) atoms. The summed E-state index contributed by atoms with van der Waals surface area (Å²) < 4.78 is 0. The van der Waals surface area contributed by atoms with E-state index >= 15 is 0 Å². The van der Waals surface area contributed by atoms with Crippen molar-refractivity contribution in [1.29, 1.82) is 0 Å². The Bertz CT molecular complexity index is 440. The van der Waals surface area contributed by atoms with Crippen molar-refractivity contribution in [2.24, 2.45) is 0 Å². The van der Waals surface area contributed by atoms with Gasteiger partial charge in [-0.05, 0) is 36.6 Å². The van der Waals surface area contributed by atoms with Gasteiger partial charge in [0, 0.05) is 16.2 Å². The minimum Gasteiger partial charge on any atom is -0.145 e. The molecule has 1 heteroatoms. The highest BCUT2D eigenvalue weighted by Gasteiger charge is 2.02. The van der Waals surface area contributed by atoms with Crippen LogP contribution in [0.2, 0.25) is 0 Å². The van der Waals surface area contributed by atoms with E-state index in [4.69, 9.17) is 0 Å². The van der Waals surface area contributed by atoms with Crippen LogP contribution in [-0.2, 0) is 12.8 Å². The lowest BCUT2D eigenvalue weighted by Gasteiger charge is -2.05. The summed E-state index contributed by atoms with van der Waals surface area (Å²) in [5.74, 6) is 0. The molecule has 0 saturated heterocycles. The zero-order valence-corrected chi connectivity index (χ0v) is 10.1. The molecule has 0 fully saturated rings. The minimum atomic E-state index is 1.09. The van der Waals surface area contributed by atoms with Gasteiger partial charge in [-0.3, -0.25) is 0 Å². The molecular formula is C14H16S. The summed E-state index contributed by atoms with van der Waals surface area (Å²) in [6.07, 6.45) is 2.21. The summed E-state index contributed by atoms with van der Waals surface area (Å²) in [7, 11) is 0. The van der Waals surface area contributed by atoms with E-state index in [1.165, 1.54) is 20.9 Å². The molecule has 0 unspecified atom stereocenters. The van der Waals surface area contributed by atoms with Crippen molar-refractivity contribution in [2.75, 3.05) is 0 Å². The highest BCUT2D eigenvalue weighted by Crippen LogP contribution is 2.21. The molecule has 0 spiro atoms. The van der Waals surface area contributed by atoms with Gasteiger partial charge in [-0.2, -0.15) is 0 Å². The van der Waals surface area contributed by atoms with Crippen LogP contribution >= 0.6 is 11.3 Å². The van der Waals surface area contributed by atoms with Crippen molar-refractivity contribution < 1.29 is 0 Å². The van der Waals surface area contributed by atoms with Crippen LogP contribution < -0.4 is 0 Å². The van der Waals surface area contributed by atoms with Crippen molar-refractivity contribution in [2.45, 2.75) is 26.7 Å². The number of thiophene rings is 1. The Labute approximate surface area is 95.6 Å². The first kappa shape index (κ1) is 10.4. The molecule has 0 atom stereocenters. The molecule has 78 valence electrons. The number of aryl methyl sites for hydroxylation is 2. The molecule has 2 aromatic rings. The van der Waals surface area contributed by atoms with Gasteiger partial charge in [0.25, 0.3) is 0 Å².